The largest absolute Gasteiger partial charge is 0.348 e. The molecule has 0 aliphatic rings. The van der Waals surface area contributed by atoms with Gasteiger partial charge in [-0.05, 0) is 30.2 Å². The summed E-state index contributed by atoms with van der Waals surface area (Å²) in [5.74, 6) is -0.303. The average molecular weight is 277 g/mol. The fourth-order valence-electron chi connectivity index (χ4n) is 1.66. The van der Waals surface area contributed by atoms with Gasteiger partial charge in [-0.1, -0.05) is 23.7 Å². The number of amides is 1. The number of aryl methyl sites for hydroxylation is 1. The molecule has 1 heterocycles. The summed E-state index contributed by atoms with van der Waals surface area (Å²) in [5.41, 5.74) is 1.92. The van der Waals surface area contributed by atoms with Gasteiger partial charge in [0.15, 0.2) is 0 Å². The summed E-state index contributed by atoms with van der Waals surface area (Å²) >= 11 is 6.08. The average Bonchev–Trinajstić information content (AvgIpc) is 2.37. The quantitative estimate of drug-likeness (QED) is 0.903. The predicted molar refractivity (Wildman–Crippen MR) is 74.4 cm³/mol. The van der Waals surface area contributed by atoms with Crippen molar-refractivity contribution in [3.63, 3.8) is 0 Å². The summed E-state index contributed by atoms with van der Waals surface area (Å²) in [6, 6.07) is 8.45. The van der Waals surface area contributed by atoms with Crippen molar-refractivity contribution in [3.8, 4) is 0 Å². The number of halogens is 1. The van der Waals surface area contributed by atoms with Gasteiger partial charge in [-0.3, -0.25) is 9.59 Å². The number of pyridine rings is 1. The SMILES string of the molecule is Cc1ccc(CNC(=O)c2cc[nH]c(=O)c2)c(Cl)c1. The highest BCUT2D eigenvalue weighted by Crippen LogP contribution is 2.17. The third-order valence-electron chi connectivity index (χ3n) is 2.69. The van der Waals surface area contributed by atoms with E-state index < -0.39 is 0 Å². The van der Waals surface area contributed by atoms with Crippen LogP contribution >= 0.6 is 11.6 Å². The second kappa shape index (κ2) is 5.71. The lowest BCUT2D eigenvalue weighted by Crippen LogP contribution is -2.24. The Labute approximate surface area is 115 Å². The van der Waals surface area contributed by atoms with Crippen molar-refractivity contribution in [1.82, 2.24) is 10.3 Å². The van der Waals surface area contributed by atoms with E-state index in [1.165, 1.54) is 12.3 Å². The van der Waals surface area contributed by atoms with Gasteiger partial charge in [0.25, 0.3) is 5.91 Å². The Morgan fingerprint density at radius 1 is 1.32 bits per heavy atom. The van der Waals surface area contributed by atoms with Crippen molar-refractivity contribution in [2.45, 2.75) is 13.5 Å². The monoisotopic (exact) mass is 276 g/mol. The van der Waals surface area contributed by atoms with Gasteiger partial charge < -0.3 is 10.3 Å². The highest BCUT2D eigenvalue weighted by molar-refractivity contribution is 6.31. The van der Waals surface area contributed by atoms with Gasteiger partial charge >= 0.3 is 0 Å². The zero-order valence-electron chi connectivity index (χ0n) is 10.4. The van der Waals surface area contributed by atoms with E-state index in [-0.39, 0.29) is 11.5 Å². The van der Waals surface area contributed by atoms with E-state index in [1.54, 1.807) is 6.07 Å². The number of aromatic nitrogens is 1. The Bertz CT molecular complexity index is 664. The standard InChI is InChI=1S/C14H13ClN2O2/c1-9-2-3-11(12(15)6-9)8-17-14(19)10-4-5-16-13(18)7-10/h2-7H,8H2,1H3,(H,16,18)(H,17,19). The van der Waals surface area contributed by atoms with Crippen LogP contribution in [0.3, 0.4) is 0 Å². The molecule has 19 heavy (non-hydrogen) atoms. The summed E-state index contributed by atoms with van der Waals surface area (Å²) in [7, 11) is 0. The van der Waals surface area contributed by atoms with Gasteiger partial charge in [0, 0.05) is 29.4 Å². The van der Waals surface area contributed by atoms with E-state index in [0.29, 0.717) is 17.1 Å². The van der Waals surface area contributed by atoms with E-state index >= 15 is 0 Å². The molecule has 0 fully saturated rings. The molecule has 2 aromatic rings. The molecule has 5 heteroatoms. The molecule has 0 atom stereocenters. The van der Waals surface area contributed by atoms with Crippen molar-refractivity contribution in [1.29, 1.82) is 0 Å². The van der Waals surface area contributed by atoms with Crippen LogP contribution in [0.25, 0.3) is 0 Å². The van der Waals surface area contributed by atoms with Crippen molar-refractivity contribution >= 4 is 17.5 Å². The van der Waals surface area contributed by atoms with E-state index in [4.69, 9.17) is 11.6 Å². The van der Waals surface area contributed by atoms with Crippen molar-refractivity contribution < 1.29 is 4.79 Å². The molecular formula is C14H13ClN2O2. The van der Waals surface area contributed by atoms with Crippen LogP contribution in [0.15, 0.2) is 41.3 Å². The van der Waals surface area contributed by atoms with Crippen LogP contribution in [0.4, 0.5) is 0 Å². The zero-order chi connectivity index (χ0) is 13.8. The molecular weight excluding hydrogens is 264 g/mol. The van der Waals surface area contributed by atoms with Gasteiger partial charge in [0.1, 0.15) is 0 Å². The molecule has 0 saturated carbocycles. The molecule has 1 amide bonds. The Kier molecular flexibility index (Phi) is 4.02. The molecule has 98 valence electrons. The van der Waals surface area contributed by atoms with Crippen LogP contribution in [0.2, 0.25) is 5.02 Å². The first kappa shape index (κ1) is 13.4. The maximum absolute atomic E-state index is 11.8. The summed E-state index contributed by atoms with van der Waals surface area (Å²) < 4.78 is 0. The first-order valence-electron chi connectivity index (χ1n) is 5.78. The normalized spacial score (nSPS) is 10.2. The molecule has 2 rings (SSSR count). The van der Waals surface area contributed by atoms with Gasteiger partial charge in [-0.15, -0.1) is 0 Å². The molecule has 2 N–H and O–H groups in total. The third-order valence-corrected chi connectivity index (χ3v) is 3.04. The number of carbonyl (C=O) groups is 1. The van der Waals surface area contributed by atoms with Gasteiger partial charge in [0.05, 0.1) is 0 Å². The lowest BCUT2D eigenvalue weighted by Gasteiger charge is -2.07. The van der Waals surface area contributed by atoms with Gasteiger partial charge in [0.2, 0.25) is 5.56 Å². The summed E-state index contributed by atoms with van der Waals surface area (Å²) in [6.07, 6.45) is 1.44. The molecule has 0 aliphatic carbocycles. The highest BCUT2D eigenvalue weighted by atomic mass is 35.5. The Morgan fingerprint density at radius 3 is 2.79 bits per heavy atom. The summed E-state index contributed by atoms with van der Waals surface area (Å²) in [6.45, 7) is 2.27. The molecule has 1 aromatic carbocycles. The smallest absolute Gasteiger partial charge is 0.251 e. The van der Waals surface area contributed by atoms with Crippen LogP contribution in [-0.4, -0.2) is 10.9 Å². The molecule has 1 aromatic heterocycles. The van der Waals surface area contributed by atoms with Crippen LogP contribution in [0, 0.1) is 6.92 Å². The summed E-state index contributed by atoms with van der Waals surface area (Å²) in [4.78, 5) is 25.4. The number of benzene rings is 1. The van der Waals surface area contributed by atoms with E-state index in [0.717, 1.165) is 11.1 Å². The number of hydrogen-bond donors (Lipinski definition) is 2. The molecule has 0 spiro atoms. The van der Waals surface area contributed by atoms with Crippen LogP contribution < -0.4 is 10.9 Å². The Morgan fingerprint density at radius 2 is 2.11 bits per heavy atom. The van der Waals surface area contributed by atoms with Crippen molar-refractivity contribution in [3.05, 3.63) is 68.6 Å². The van der Waals surface area contributed by atoms with E-state index in [2.05, 4.69) is 10.3 Å². The lowest BCUT2D eigenvalue weighted by molar-refractivity contribution is 0.0950. The fraction of sp³-hybridized carbons (Fsp3) is 0.143. The fourth-order valence-corrected chi connectivity index (χ4v) is 1.96. The zero-order valence-corrected chi connectivity index (χ0v) is 11.1. The minimum atomic E-state index is -0.305. The van der Waals surface area contributed by atoms with Crippen LogP contribution in [0.1, 0.15) is 21.5 Å². The molecule has 0 unspecified atom stereocenters. The maximum atomic E-state index is 11.8. The predicted octanol–water partition coefficient (Wildman–Crippen LogP) is 2.27. The number of H-pyrrole nitrogens is 1. The Balaban J connectivity index is 2.06. The van der Waals surface area contributed by atoms with Crippen molar-refractivity contribution in [2.24, 2.45) is 0 Å². The Hall–Kier alpha value is -2.07. The lowest BCUT2D eigenvalue weighted by atomic mass is 10.1. The van der Waals surface area contributed by atoms with Crippen molar-refractivity contribution in [2.75, 3.05) is 0 Å². The van der Waals surface area contributed by atoms with E-state index in [1.807, 2.05) is 25.1 Å². The molecule has 4 nitrogen and oxygen atoms in total. The van der Waals surface area contributed by atoms with Gasteiger partial charge in [-0.25, -0.2) is 0 Å². The third kappa shape index (κ3) is 3.45. The van der Waals surface area contributed by atoms with Gasteiger partial charge in [-0.2, -0.15) is 0 Å². The minimum absolute atomic E-state index is 0.303. The van der Waals surface area contributed by atoms with Crippen LogP contribution in [0.5, 0.6) is 0 Å². The summed E-state index contributed by atoms with van der Waals surface area (Å²) in [5, 5.41) is 3.34. The minimum Gasteiger partial charge on any atom is -0.348 e. The number of nitrogens with one attached hydrogen (secondary N) is 2. The number of aromatic amines is 1. The van der Waals surface area contributed by atoms with E-state index in [9.17, 15) is 9.59 Å². The second-order valence-electron chi connectivity index (χ2n) is 4.22. The topological polar surface area (TPSA) is 62.0 Å². The molecule has 0 radical (unpaired) electrons. The second-order valence-corrected chi connectivity index (χ2v) is 4.63. The first-order valence-corrected chi connectivity index (χ1v) is 6.16. The molecule has 0 bridgehead atoms. The molecule has 0 aliphatic heterocycles. The molecule has 0 saturated heterocycles. The number of carbonyl (C=O) groups excluding carboxylic acids is 1. The maximum Gasteiger partial charge on any atom is 0.251 e. The number of rotatable bonds is 3. The van der Waals surface area contributed by atoms with Crippen LogP contribution in [-0.2, 0) is 6.54 Å². The number of hydrogen-bond acceptors (Lipinski definition) is 2. The highest BCUT2D eigenvalue weighted by Gasteiger charge is 2.07. The first-order chi connectivity index (χ1) is 9.06.